The van der Waals surface area contributed by atoms with Crippen molar-refractivity contribution in [3.63, 3.8) is 0 Å². The lowest BCUT2D eigenvalue weighted by Gasteiger charge is -2.12. The maximum absolute atomic E-state index is 10.9. The van der Waals surface area contributed by atoms with Gasteiger partial charge in [0.2, 0.25) is 0 Å². The fourth-order valence-electron chi connectivity index (χ4n) is 1.59. The number of hydrogen-bond donors (Lipinski definition) is 3. The number of nitrogen functional groups attached to an aromatic ring is 1. The molecule has 0 unspecified atom stereocenters. The number of aryl methyl sites for hydroxylation is 1. The Hall–Kier alpha value is -1.82. The lowest BCUT2D eigenvalue weighted by Crippen LogP contribution is -2.12. The normalized spacial score (nSPS) is 10.3. The van der Waals surface area contributed by atoms with Crippen LogP contribution in [0.4, 0.5) is 11.6 Å². The van der Waals surface area contributed by atoms with Gasteiger partial charge in [-0.1, -0.05) is 6.92 Å². The smallest absolute Gasteiger partial charge is 0.339 e. The molecule has 0 aromatic carbocycles. The largest absolute Gasteiger partial charge is 0.478 e. The Labute approximate surface area is 106 Å². The van der Waals surface area contributed by atoms with E-state index in [0.717, 1.165) is 12.0 Å². The SMILES string of the molecule is CCc1cc(C(=O)O)c(N)nc1NCCCOC. The Morgan fingerprint density at radius 1 is 1.61 bits per heavy atom. The number of carboxylic acids is 1. The summed E-state index contributed by atoms with van der Waals surface area (Å²) < 4.78 is 4.95. The van der Waals surface area contributed by atoms with Gasteiger partial charge in [0.15, 0.2) is 0 Å². The molecule has 1 heterocycles. The van der Waals surface area contributed by atoms with Crippen LogP contribution in [0.5, 0.6) is 0 Å². The van der Waals surface area contributed by atoms with Crippen LogP contribution in [0.2, 0.25) is 0 Å². The zero-order chi connectivity index (χ0) is 13.5. The molecule has 4 N–H and O–H groups in total. The van der Waals surface area contributed by atoms with Gasteiger partial charge >= 0.3 is 5.97 Å². The van der Waals surface area contributed by atoms with Crippen LogP contribution >= 0.6 is 0 Å². The third-order valence-electron chi connectivity index (χ3n) is 2.56. The monoisotopic (exact) mass is 253 g/mol. The number of carbonyl (C=O) groups is 1. The van der Waals surface area contributed by atoms with E-state index < -0.39 is 5.97 Å². The molecule has 0 bridgehead atoms. The number of aromatic nitrogens is 1. The second-order valence-electron chi connectivity index (χ2n) is 3.86. The minimum absolute atomic E-state index is 0.0361. The van der Waals surface area contributed by atoms with Crippen LogP contribution in [-0.2, 0) is 11.2 Å². The molecule has 0 aliphatic heterocycles. The third-order valence-corrected chi connectivity index (χ3v) is 2.56. The Morgan fingerprint density at radius 2 is 2.33 bits per heavy atom. The second kappa shape index (κ2) is 6.80. The van der Waals surface area contributed by atoms with E-state index in [2.05, 4.69) is 10.3 Å². The molecule has 0 radical (unpaired) electrons. The molecule has 0 fully saturated rings. The first kappa shape index (κ1) is 14.2. The van der Waals surface area contributed by atoms with Gasteiger partial charge in [-0.05, 0) is 24.5 Å². The number of methoxy groups -OCH3 is 1. The number of carboxylic acid groups (broad SMARTS) is 1. The molecule has 18 heavy (non-hydrogen) atoms. The highest BCUT2D eigenvalue weighted by molar-refractivity contribution is 5.93. The second-order valence-corrected chi connectivity index (χ2v) is 3.86. The molecule has 6 nitrogen and oxygen atoms in total. The van der Waals surface area contributed by atoms with E-state index in [1.807, 2.05) is 6.92 Å². The van der Waals surface area contributed by atoms with Gasteiger partial charge in [-0.15, -0.1) is 0 Å². The van der Waals surface area contributed by atoms with Crippen molar-refractivity contribution in [1.29, 1.82) is 0 Å². The van der Waals surface area contributed by atoms with Gasteiger partial charge < -0.3 is 20.9 Å². The molecule has 1 aromatic rings. The Morgan fingerprint density at radius 3 is 2.89 bits per heavy atom. The van der Waals surface area contributed by atoms with E-state index in [0.29, 0.717) is 25.4 Å². The molecule has 0 spiro atoms. The first-order chi connectivity index (χ1) is 8.60. The highest BCUT2D eigenvalue weighted by Crippen LogP contribution is 2.20. The summed E-state index contributed by atoms with van der Waals surface area (Å²) in [4.78, 5) is 15.1. The standard InChI is InChI=1S/C12H19N3O3/c1-3-8-7-9(12(16)17)10(13)15-11(8)14-5-4-6-18-2/h7H,3-6H2,1-2H3,(H,16,17)(H3,13,14,15). The molecule has 0 saturated carbocycles. The van der Waals surface area contributed by atoms with Crippen LogP contribution in [0.15, 0.2) is 6.07 Å². The van der Waals surface area contributed by atoms with Crippen LogP contribution in [0.3, 0.4) is 0 Å². The van der Waals surface area contributed by atoms with E-state index in [1.165, 1.54) is 0 Å². The summed E-state index contributed by atoms with van der Waals surface area (Å²) in [6.45, 7) is 3.32. The Kier molecular flexibility index (Phi) is 5.38. The molecule has 0 amide bonds. The van der Waals surface area contributed by atoms with E-state index in [9.17, 15) is 4.79 Å². The number of nitrogens with one attached hydrogen (secondary N) is 1. The maximum atomic E-state index is 10.9. The fraction of sp³-hybridized carbons (Fsp3) is 0.500. The first-order valence-electron chi connectivity index (χ1n) is 5.85. The number of nitrogens with two attached hydrogens (primary N) is 1. The summed E-state index contributed by atoms with van der Waals surface area (Å²) in [5, 5.41) is 12.1. The minimum Gasteiger partial charge on any atom is -0.478 e. The van der Waals surface area contributed by atoms with Gasteiger partial charge in [-0.25, -0.2) is 9.78 Å². The zero-order valence-electron chi connectivity index (χ0n) is 10.7. The molecular weight excluding hydrogens is 234 g/mol. The predicted molar refractivity (Wildman–Crippen MR) is 70.0 cm³/mol. The van der Waals surface area contributed by atoms with Crippen molar-refractivity contribution in [2.75, 3.05) is 31.3 Å². The molecule has 100 valence electrons. The number of ether oxygens (including phenoxy) is 1. The van der Waals surface area contributed by atoms with E-state index >= 15 is 0 Å². The van der Waals surface area contributed by atoms with Gasteiger partial charge in [0.25, 0.3) is 0 Å². The summed E-state index contributed by atoms with van der Waals surface area (Å²) in [6.07, 6.45) is 1.54. The fourth-order valence-corrected chi connectivity index (χ4v) is 1.59. The molecule has 6 heteroatoms. The van der Waals surface area contributed by atoms with E-state index in [1.54, 1.807) is 13.2 Å². The van der Waals surface area contributed by atoms with Gasteiger partial charge in [-0.3, -0.25) is 0 Å². The number of anilines is 2. The molecule has 0 aliphatic rings. The van der Waals surface area contributed by atoms with E-state index in [4.69, 9.17) is 15.6 Å². The van der Waals surface area contributed by atoms with Gasteiger partial charge in [0.1, 0.15) is 17.2 Å². The minimum atomic E-state index is -1.05. The van der Waals surface area contributed by atoms with Crippen molar-refractivity contribution in [3.05, 3.63) is 17.2 Å². The topological polar surface area (TPSA) is 97.5 Å². The van der Waals surface area contributed by atoms with Crippen molar-refractivity contribution in [1.82, 2.24) is 4.98 Å². The molecular formula is C12H19N3O3. The zero-order valence-corrected chi connectivity index (χ0v) is 10.7. The lowest BCUT2D eigenvalue weighted by molar-refractivity contribution is 0.0697. The van der Waals surface area contributed by atoms with Crippen LogP contribution in [0, 0.1) is 0 Å². The number of aromatic carboxylic acids is 1. The maximum Gasteiger partial charge on any atom is 0.339 e. The molecule has 1 rings (SSSR count). The molecule has 1 aromatic heterocycles. The van der Waals surface area contributed by atoms with Crippen molar-refractivity contribution < 1.29 is 14.6 Å². The van der Waals surface area contributed by atoms with Gasteiger partial charge in [0, 0.05) is 20.3 Å². The average molecular weight is 253 g/mol. The summed E-state index contributed by atoms with van der Waals surface area (Å²) in [5.74, 6) is -0.370. The van der Waals surface area contributed by atoms with Crippen LogP contribution < -0.4 is 11.1 Å². The van der Waals surface area contributed by atoms with Crippen LogP contribution in [-0.4, -0.2) is 36.3 Å². The Bertz CT molecular complexity index is 421. The predicted octanol–water partition coefficient (Wildman–Crippen LogP) is 1.37. The van der Waals surface area contributed by atoms with Crippen LogP contribution in [0.1, 0.15) is 29.3 Å². The van der Waals surface area contributed by atoms with Crippen molar-refractivity contribution in [2.45, 2.75) is 19.8 Å². The summed E-state index contributed by atoms with van der Waals surface area (Å²) >= 11 is 0. The number of rotatable bonds is 7. The quantitative estimate of drug-likeness (QED) is 0.635. The summed E-state index contributed by atoms with van der Waals surface area (Å²) in [7, 11) is 1.65. The van der Waals surface area contributed by atoms with E-state index in [-0.39, 0.29) is 11.4 Å². The number of nitrogens with zero attached hydrogens (tertiary/aromatic N) is 1. The molecule has 0 saturated heterocycles. The number of hydrogen-bond acceptors (Lipinski definition) is 5. The highest BCUT2D eigenvalue weighted by atomic mass is 16.5. The van der Waals surface area contributed by atoms with Crippen molar-refractivity contribution in [3.8, 4) is 0 Å². The van der Waals surface area contributed by atoms with Crippen molar-refractivity contribution in [2.24, 2.45) is 0 Å². The van der Waals surface area contributed by atoms with Crippen molar-refractivity contribution >= 4 is 17.6 Å². The number of pyridine rings is 1. The first-order valence-corrected chi connectivity index (χ1v) is 5.85. The summed E-state index contributed by atoms with van der Waals surface area (Å²) in [6, 6.07) is 1.57. The van der Waals surface area contributed by atoms with Gasteiger partial charge in [0.05, 0.1) is 0 Å². The van der Waals surface area contributed by atoms with Gasteiger partial charge in [-0.2, -0.15) is 0 Å². The summed E-state index contributed by atoms with van der Waals surface area (Å²) in [5.41, 5.74) is 6.52. The average Bonchev–Trinajstić information content (AvgIpc) is 2.34. The molecule has 0 atom stereocenters. The Balaban J connectivity index is 2.84. The molecule has 0 aliphatic carbocycles. The highest BCUT2D eigenvalue weighted by Gasteiger charge is 2.13. The van der Waals surface area contributed by atoms with Crippen LogP contribution in [0.25, 0.3) is 0 Å². The lowest BCUT2D eigenvalue weighted by atomic mass is 10.1. The third kappa shape index (κ3) is 3.59.